The highest BCUT2D eigenvalue weighted by Crippen LogP contribution is 2.28. The minimum Gasteiger partial charge on any atom is -0.493 e. The summed E-state index contributed by atoms with van der Waals surface area (Å²) in [5.74, 6) is 1.87. The van der Waals surface area contributed by atoms with Crippen LogP contribution < -0.4 is 9.47 Å². The molecule has 0 saturated heterocycles. The highest BCUT2D eigenvalue weighted by Gasteiger charge is 2.13. The van der Waals surface area contributed by atoms with Gasteiger partial charge in [-0.05, 0) is 36.8 Å². The standard InChI is InChI=1S/C21H26N2O4S/c1-4-23-18-8-6-5-7-17(18)22-21(23)28-14-16(24)13-27-12-15-9-10-19(25-2)20(11-15)26-3/h5-11,16,24H,4,12-14H2,1-3H3. The molecule has 1 aromatic heterocycles. The lowest BCUT2D eigenvalue weighted by Gasteiger charge is -2.13. The normalized spacial score (nSPS) is 12.3. The molecule has 150 valence electrons. The number of hydrogen-bond acceptors (Lipinski definition) is 6. The number of aliphatic hydroxyl groups excluding tert-OH is 1. The number of aromatic nitrogens is 2. The first kappa shape index (κ1) is 20.5. The van der Waals surface area contributed by atoms with Gasteiger partial charge in [0, 0.05) is 12.3 Å². The second-order valence-corrected chi connectivity index (χ2v) is 7.28. The average molecular weight is 403 g/mol. The Kier molecular flexibility index (Phi) is 7.19. The predicted octanol–water partition coefficient (Wildman–Crippen LogP) is 3.74. The summed E-state index contributed by atoms with van der Waals surface area (Å²) in [6.07, 6.45) is -0.574. The van der Waals surface area contributed by atoms with E-state index in [0.717, 1.165) is 28.3 Å². The van der Waals surface area contributed by atoms with E-state index in [2.05, 4.69) is 22.5 Å². The van der Waals surface area contributed by atoms with Crippen molar-refractivity contribution < 1.29 is 19.3 Å². The summed E-state index contributed by atoms with van der Waals surface area (Å²) < 4.78 is 18.4. The van der Waals surface area contributed by atoms with Crippen molar-refractivity contribution in [2.45, 2.75) is 31.3 Å². The molecule has 6 nitrogen and oxygen atoms in total. The monoisotopic (exact) mass is 402 g/mol. The van der Waals surface area contributed by atoms with E-state index in [-0.39, 0.29) is 6.61 Å². The number of imidazole rings is 1. The summed E-state index contributed by atoms with van der Waals surface area (Å²) in [5, 5.41) is 11.2. The molecule has 0 saturated carbocycles. The van der Waals surface area contributed by atoms with Crippen LogP contribution in [0, 0.1) is 0 Å². The van der Waals surface area contributed by atoms with E-state index in [9.17, 15) is 5.11 Å². The minimum atomic E-state index is -0.574. The van der Waals surface area contributed by atoms with Crippen molar-refractivity contribution in [1.82, 2.24) is 9.55 Å². The number of benzene rings is 2. The van der Waals surface area contributed by atoms with Crippen molar-refractivity contribution in [1.29, 1.82) is 0 Å². The Morgan fingerprint density at radius 2 is 1.89 bits per heavy atom. The lowest BCUT2D eigenvalue weighted by molar-refractivity contribution is 0.0397. The van der Waals surface area contributed by atoms with E-state index < -0.39 is 6.10 Å². The summed E-state index contributed by atoms with van der Waals surface area (Å²) in [6.45, 7) is 3.60. The van der Waals surface area contributed by atoms with E-state index in [4.69, 9.17) is 14.2 Å². The van der Waals surface area contributed by atoms with Gasteiger partial charge in [-0.2, -0.15) is 0 Å². The SMILES string of the molecule is CCn1c(SCC(O)COCc2ccc(OC)c(OC)c2)nc2ccccc21. The fraction of sp³-hybridized carbons (Fsp3) is 0.381. The van der Waals surface area contributed by atoms with E-state index in [0.29, 0.717) is 23.9 Å². The van der Waals surface area contributed by atoms with E-state index in [1.165, 1.54) is 0 Å². The van der Waals surface area contributed by atoms with Crippen molar-refractivity contribution in [3.63, 3.8) is 0 Å². The van der Waals surface area contributed by atoms with Crippen LogP contribution >= 0.6 is 11.8 Å². The van der Waals surface area contributed by atoms with Crippen LogP contribution in [0.1, 0.15) is 12.5 Å². The Balaban J connectivity index is 1.51. The Bertz CT molecular complexity index is 913. The van der Waals surface area contributed by atoms with Crippen LogP contribution in [0.25, 0.3) is 11.0 Å². The predicted molar refractivity (Wildman–Crippen MR) is 111 cm³/mol. The molecule has 1 atom stereocenters. The van der Waals surface area contributed by atoms with Gasteiger partial charge in [0.2, 0.25) is 0 Å². The van der Waals surface area contributed by atoms with Gasteiger partial charge in [-0.25, -0.2) is 4.98 Å². The van der Waals surface area contributed by atoms with Gasteiger partial charge in [0.05, 0.1) is 44.6 Å². The van der Waals surface area contributed by atoms with Gasteiger partial charge in [0.1, 0.15) is 0 Å². The number of para-hydroxylation sites is 2. The van der Waals surface area contributed by atoms with Gasteiger partial charge < -0.3 is 23.9 Å². The van der Waals surface area contributed by atoms with Crippen LogP contribution in [0.2, 0.25) is 0 Å². The number of aryl methyl sites for hydroxylation is 1. The fourth-order valence-electron chi connectivity index (χ4n) is 2.97. The molecule has 0 spiro atoms. The molecule has 0 aliphatic rings. The average Bonchev–Trinajstić information content (AvgIpc) is 3.09. The highest BCUT2D eigenvalue weighted by molar-refractivity contribution is 7.99. The van der Waals surface area contributed by atoms with Gasteiger partial charge in [-0.3, -0.25) is 0 Å². The summed E-state index contributed by atoms with van der Waals surface area (Å²) in [7, 11) is 3.21. The van der Waals surface area contributed by atoms with Crippen molar-refractivity contribution in [3.05, 3.63) is 48.0 Å². The van der Waals surface area contributed by atoms with E-state index >= 15 is 0 Å². The molecule has 3 rings (SSSR count). The third-order valence-corrected chi connectivity index (χ3v) is 5.49. The largest absolute Gasteiger partial charge is 0.493 e. The summed E-state index contributed by atoms with van der Waals surface area (Å²) in [5.41, 5.74) is 3.06. The molecule has 0 aliphatic heterocycles. The Hall–Kier alpha value is -2.22. The number of nitrogens with zero attached hydrogens (tertiary/aromatic N) is 2. The second-order valence-electron chi connectivity index (χ2n) is 6.30. The number of rotatable bonds is 10. The molecular weight excluding hydrogens is 376 g/mol. The van der Waals surface area contributed by atoms with Crippen LogP contribution in [0.5, 0.6) is 11.5 Å². The molecule has 0 fully saturated rings. The van der Waals surface area contributed by atoms with Crippen LogP contribution in [0.3, 0.4) is 0 Å². The quantitative estimate of drug-likeness (QED) is 0.521. The molecule has 0 bridgehead atoms. The van der Waals surface area contributed by atoms with Crippen molar-refractivity contribution >= 4 is 22.8 Å². The maximum atomic E-state index is 10.3. The lowest BCUT2D eigenvalue weighted by Crippen LogP contribution is -2.18. The van der Waals surface area contributed by atoms with Gasteiger partial charge in [0.15, 0.2) is 16.7 Å². The summed E-state index contributed by atoms with van der Waals surface area (Å²) >= 11 is 1.55. The number of fused-ring (bicyclic) bond motifs is 1. The third kappa shape index (κ3) is 4.79. The Labute approximate surface area is 169 Å². The van der Waals surface area contributed by atoms with E-state index in [1.807, 2.05) is 36.4 Å². The molecule has 0 radical (unpaired) electrons. The number of hydrogen-bond donors (Lipinski definition) is 1. The second kappa shape index (κ2) is 9.82. The van der Waals surface area contributed by atoms with Crippen molar-refractivity contribution in [2.24, 2.45) is 0 Å². The van der Waals surface area contributed by atoms with Gasteiger partial charge >= 0.3 is 0 Å². The number of aliphatic hydroxyl groups is 1. The smallest absolute Gasteiger partial charge is 0.169 e. The van der Waals surface area contributed by atoms with Gasteiger partial charge in [-0.1, -0.05) is 30.0 Å². The highest BCUT2D eigenvalue weighted by atomic mass is 32.2. The van der Waals surface area contributed by atoms with Crippen LogP contribution in [0.4, 0.5) is 0 Å². The van der Waals surface area contributed by atoms with Crippen molar-refractivity contribution in [2.75, 3.05) is 26.6 Å². The van der Waals surface area contributed by atoms with Crippen LogP contribution in [0.15, 0.2) is 47.6 Å². The molecule has 28 heavy (non-hydrogen) atoms. The molecule has 0 aliphatic carbocycles. The number of thioether (sulfide) groups is 1. The minimum absolute atomic E-state index is 0.258. The first-order valence-electron chi connectivity index (χ1n) is 9.21. The molecule has 7 heteroatoms. The molecule has 2 aromatic carbocycles. The third-order valence-electron chi connectivity index (χ3n) is 4.37. The lowest BCUT2D eigenvalue weighted by atomic mass is 10.2. The number of methoxy groups -OCH3 is 2. The zero-order valence-corrected chi connectivity index (χ0v) is 17.2. The maximum Gasteiger partial charge on any atom is 0.169 e. The van der Waals surface area contributed by atoms with Gasteiger partial charge in [-0.15, -0.1) is 0 Å². The zero-order chi connectivity index (χ0) is 19.9. The summed E-state index contributed by atoms with van der Waals surface area (Å²) in [4.78, 5) is 4.67. The number of ether oxygens (including phenoxy) is 3. The van der Waals surface area contributed by atoms with Gasteiger partial charge in [0.25, 0.3) is 0 Å². The molecule has 3 aromatic rings. The molecule has 1 heterocycles. The Morgan fingerprint density at radius 3 is 2.64 bits per heavy atom. The maximum absolute atomic E-state index is 10.3. The molecular formula is C21H26N2O4S. The summed E-state index contributed by atoms with van der Waals surface area (Å²) in [6, 6.07) is 13.7. The first-order valence-corrected chi connectivity index (χ1v) is 10.2. The Morgan fingerprint density at radius 1 is 1.11 bits per heavy atom. The fourth-order valence-corrected chi connectivity index (χ4v) is 3.96. The first-order chi connectivity index (χ1) is 13.7. The molecule has 1 N–H and O–H groups in total. The van der Waals surface area contributed by atoms with Crippen LogP contribution in [-0.4, -0.2) is 47.3 Å². The van der Waals surface area contributed by atoms with Crippen molar-refractivity contribution in [3.8, 4) is 11.5 Å². The zero-order valence-electron chi connectivity index (χ0n) is 16.4. The topological polar surface area (TPSA) is 65.7 Å². The van der Waals surface area contributed by atoms with E-state index in [1.54, 1.807) is 26.0 Å². The molecule has 1 unspecified atom stereocenters. The van der Waals surface area contributed by atoms with Crippen LogP contribution in [-0.2, 0) is 17.9 Å². The molecule has 0 amide bonds.